The Bertz CT molecular complexity index is 1320. The Morgan fingerprint density at radius 1 is 1.03 bits per heavy atom. The molecular weight excluding hydrogens is 511 g/mol. The largest absolute Gasteiger partial charge is 0.480 e. The van der Waals surface area contributed by atoms with Gasteiger partial charge in [-0.05, 0) is 44.5 Å². The fourth-order valence-electron chi connectivity index (χ4n) is 5.16. The number of aromatic nitrogens is 4. The van der Waals surface area contributed by atoms with Gasteiger partial charge in [-0.15, -0.1) is 24.8 Å². The van der Waals surface area contributed by atoms with Gasteiger partial charge in [0.05, 0.1) is 29.0 Å². The average molecular weight is 539 g/mol. The molecule has 0 aromatic carbocycles. The molecule has 0 aliphatic carbocycles. The van der Waals surface area contributed by atoms with Crippen molar-refractivity contribution in [2.75, 3.05) is 25.6 Å². The fraction of sp³-hybridized carbons (Fsp3) is 0.478. The molecule has 12 heteroatoms. The van der Waals surface area contributed by atoms with Gasteiger partial charge in [0.25, 0.3) is 11.1 Å². The minimum atomic E-state index is -0.142. The number of aryl methyl sites for hydroxylation is 1. The second-order valence-corrected chi connectivity index (χ2v) is 9.89. The highest BCUT2D eigenvalue weighted by Gasteiger charge is 2.27. The van der Waals surface area contributed by atoms with Crippen LogP contribution in [-0.2, 0) is 13.1 Å². The lowest BCUT2D eigenvalue weighted by atomic mass is 10.0. The summed E-state index contributed by atoms with van der Waals surface area (Å²) >= 11 is 1.71. The van der Waals surface area contributed by atoms with Gasteiger partial charge in [-0.2, -0.15) is 0 Å². The standard InChI is InChI=1S/C23H26N6O3S.2ClH/c30-21-2-1-18-23-28(22(31)12-26-18)8-5-17(29(21)23)13-27-6-3-15(4-7-27)24-10-16-9-20-19(11-25-16)32-14-33-20;;/h1-2,9,11-12,15,17,24H,3-8,10,13-14H2;2*1H. The van der Waals surface area contributed by atoms with Gasteiger partial charge in [0.2, 0.25) is 0 Å². The first kappa shape index (κ1) is 26.0. The van der Waals surface area contributed by atoms with Gasteiger partial charge in [0, 0.05) is 31.7 Å². The second kappa shape index (κ2) is 10.9. The number of hydrogen-bond donors (Lipinski definition) is 1. The minimum absolute atomic E-state index is 0. The van der Waals surface area contributed by atoms with Crippen molar-refractivity contribution >= 4 is 47.7 Å². The molecule has 1 fully saturated rings. The summed E-state index contributed by atoms with van der Waals surface area (Å²) in [4.78, 5) is 37.4. The van der Waals surface area contributed by atoms with Crippen LogP contribution in [0.5, 0.6) is 5.75 Å². The highest BCUT2D eigenvalue weighted by Crippen LogP contribution is 2.35. The normalized spacial score (nSPS) is 19.5. The molecule has 3 aliphatic heterocycles. The van der Waals surface area contributed by atoms with E-state index >= 15 is 0 Å². The van der Waals surface area contributed by atoms with E-state index in [-0.39, 0.29) is 42.0 Å². The van der Waals surface area contributed by atoms with E-state index in [1.54, 1.807) is 33.0 Å². The molecule has 0 bridgehead atoms. The van der Waals surface area contributed by atoms with E-state index in [9.17, 15) is 9.59 Å². The molecule has 188 valence electrons. The molecular formula is C23H28Cl2N6O3S. The number of ether oxygens (including phenoxy) is 1. The van der Waals surface area contributed by atoms with Crippen LogP contribution in [0.4, 0.5) is 0 Å². The monoisotopic (exact) mass is 538 g/mol. The molecule has 0 amide bonds. The van der Waals surface area contributed by atoms with Crippen molar-refractivity contribution in [1.29, 1.82) is 0 Å². The number of rotatable bonds is 5. The van der Waals surface area contributed by atoms with Gasteiger partial charge in [-0.1, -0.05) is 11.8 Å². The fourth-order valence-corrected chi connectivity index (χ4v) is 5.94. The van der Waals surface area contributed by atoms with Crippen molar-refractivity contribution < 1.29 is 4.74 Å². The SMILES string of the molecule is Cl.Cl.O=c1cnc2ccc(=O)n3c2n1CCC3CN1CCC(NCc2cc3c(cn2)OCS3)CC1. The second-order valence-electron chi connectivity index (χ2n) is 8.93. The van der Waals surface area contributed by atoms with E-state index in [1.165, 1.54) is 11.1 Å². The number of nitrogens with one attached hydrogen (secondary N) is 1. The summed E-state index contributed by atoms with van der Waals surface area (Å²) in [6.07, 6.45) is 6.07. The predicted molar refractivity (Wildman–Crippen MR) is 140 cm³/mol. The number of thioether (sulfide) groups is 1. The van der Waals surface area contributed by atoms with E-state index in [2.05, 4.69) is 26.3 Å². The number of hydrogen-bond acceptors (Lipinski definition) is 8. The van der Waals surface area contributed by atoms with Crippen LogP contribution in [0, 0.1) is 0 Å². The van der Waals surface area contributed by atoms with Gasteiger partial charge in [-0.25, -0.2) is 4.98 Å². The van der Waals surface area contributed by atoms with E-state index in [4.69, 9.17) is 4.74 Å². The van der Waals surface area contributed by atoms with Crippen LogP contribution >= 0.6 is 36.6 Å². The zero-order valence-electron chi connectivity index (χ0n) is 19.1. The maximum absolute atomic E-state index is 12.7. The maximum Gasteiger partial charge on any atom is 0.270 e. The van der Waals surface area contributed by atoms with E-state index in [0.717, 1.165) is 56.9 Å². The van der Waals surface area contributed by atoms with E-state index in [1.807, 2.05) is 6.20 Å². The van der Waals surface area contributed by atoms with Crippen LogP contribution in [-0.4, -0.2) is 55.6 Å². The summed E-state index contributed by atoms with van der Waals surface area (Å²) in [5.74, 6) is 1.56. The van der Waals surface area contributed by atoms with Crippen molar-refractivity contribution in [1.82, 2.24) is 29.3 Å². The number of pyridine rings is 2. The van der Waals surface area contributed by atoms with Crippen LogP contribution in [0.2, 0.25) is 0 Å². The molecule has 1 atom stereocenters. The summed E-state index contributed by atoms with van der Waals surface area (Å²) in [5.41, 5.74) is 2.21. The van der Waals surface area contributed by atoms with Crippen LogP contribution in [0.3, 0.4) is 0 Å². The Morgan fingerprint density at radius 2 is 1.86 bits per heavy atom. The smallest absolute Gasteiger partial charge is 0.270 e. The molecule has 1 saturated heterocycles. The molecule has 3 aromatic rings. The van der Waals surface area contributed by atoms with Gasteiger partial charge >= 0.3 is 0 Å². The number of fused-ring (bicyclic) bond motifs is 1. The first-order valence-corrected chi connectivity index (χ1v) is 12.5. The molecule has 0 saturated carbocycles. The van der Waals surface area contributed by atoms with Crippen molar-refractivity contribution in [3.63, 3.8) is 0 Å². The zero-order chi connectivity index (χ0) is 22.4. The Labute approximate surface area is 219 Å². The van der Waals surface area contributed by atoms with Crippen molar-refractivity contribution in [3.05, 3.63) is 57.0 Å². The Kier molecular flexibility index (Phi) is 8.07. The van der Waals surface area contributed by atoms with Crippen LogP contribution < -0.4 is 21.2 Å². The molecule has 1 N–H and O–H groups in total. The van der Waals surface area contributed by atoms with Crippen molar-refractivity contribution in [2.45, 2.75) is 49.3 Å². The van der Waals surface area contributed by atoms with Gasteiger partial charge in [0.1, 0.15) is 17.1 Å². The number of halogens is 2. The van der Waals surface area contributed by atoms with E-state index in [0.29, 0.717) is 29.7 Å². The lowest BCUT2D eigenvalue weighted by molar-refractivity contribution is 0.163. The highest BCUT2D eigenvalue weighted by atomic mass is 35.5. The van der Waals surface area contributed by atoms with Gasteiger partial charge < -0.3 is 15.0 Å². The molecule has 3 aromatic heterocycles. The lowest BCUT2D eigenvalue weighted by Crippen LogP contribution is -2.46. The summed E-state index contributed by atoms with van der Waals surface area (Å²) in [5, 5.41) is 3.66. The third-order valence-corrected chi connectivity index (χ3v) is 7.78. The first-order chi connectivity index (χ1) is 16.2. The minimum Gasteiger partial charge on any atom is -0.480 e. The molecule has 3 aliphatic rings. The molecule has 6 rings (SSSR count). The van der Waals surface area contributed by atoms with Gasteiger partial charge in [-0.3, -0.25) is 23.7 Å². The summed E-state index contributed by atoms with van der Waals surface area (Å²) < 4.78 is 8.98. The average Bonchev–Trinajstić information content (AvgIpc) is 3.31. The third kappa shape index (κ3) is 5.08. The third-order valence-electron chi connectivity index (χ3n) is 6.91. The zero-order valence-corrected chi connectivity index (χ0v) is 21.5. The molecule has 9 nitrogen and oxygen atoms in total. The quantitative estimate of drug-likeness (QED) is 0.529. The molecule has 0 radical (unpaired) electrons. The topological polar surface area (TPSA) is 94.3 Å². The molecule has 0 spiro atoms. The summed E-state index contributed by atoms with van der Waals surface area (Å²) in [7, 11) is 0. The van der Waals surface area contributed by atoms with E-state index < -0.39 is 0 Å². The van der Waals surface area contributed by atoms with Crippen molar-refractivity contribution in [2.24, 2.45) is 0 Å². The molecule has 6 heterocycles. The van der Waals surface area contributed by atoms with Gasteiger partial charge in [0.15, 0.2) is 5.75 Å². The Hall–Kier alpha value is -2.11. The lowest BCUT2D eigenvalue weighted by Gasteiger charge is -2.36. The maximum atomic E-state index is 12.7. The Morgan fingerprint density at radius 3 is 2.69 bits per heavy atom. The Balaban J connectivity index is 0.00000144. The summed E-state index contributed by atoms with van der Waals surface area (Å²) in [6.45, 7) is 4.18. The summed E-state index contributed by atoms with van der Waals surface area (Å²) in [6, 6.07) is 5.92. The van der Waals surface area contributed by atoms with Crippen LogP contribution in [0.25, 0.3) is 11.2 Å². The number of likely N-dealkylation sites (tertiary alicyclic amines) is 1. The molecule has 1 unspecified atom stereocenters. The highest BCUT2D eigenvalue weighted by molar-refractivity contribution is 7.99. The number of piperidine rings is 1. The molecule has 35 heavy (non-hydrogen) atoms. The van der Waals surface area contributed by atoms with Crippen molar-refractivity contribution in [3.8, 4) is 5.75 Å². The number of nitrogens with zero attached hydrogens (tertiary/aromatic N) is 5. The van der Waals surface area contributed by atoms with Crippen LogP contribution in [0.1, 0.15) is 31.0 Å². The van der Waals surface area contributed by atoms with Crippen LogP contribution in [0.15, 0.2) is 45.1 Å². The predicted octanol–water partition coefficient (Wildman–Crippen LogP) is 2.44. The first-order valence-electron chi connectivity index (χ1n) is 11.5.